The fourth-order valence-corrected chi connectivity index (χ4v) is 4.15. The number of aryl methyl sites for hydroxylation is 1. The van der Waals surface area contributed by atoms with Crippen LogP contribution in [0.3, 0.4) is 0 Å². The Morgan fingerprint density at radius 1 is 1.10 bits per heavy atom. The lowest BCUT2D eigenvalue weighted by molar-refractivity contribution is 0.0605. The summed E-state index contributed by atoms with van der Waals surface area (Å²) in [5.41, 5.74) is 4.89. The molecule has 5 heteroatoms. The van der Waals surface area contributed by atoms with Crippen molar-refractivity contribution in [3.63, 3.8) is 0 Å². The summed E-state index contributed by atoms with van der Waals surface area (Å²) in [6, 6.07) is 18.0. The van der Waals surface area contributed by atoms with E-state index in [9.17, 15) is 0 Å². The minimum Gasteiger partial charge on any atom is -0.489 e. The maximum Gasteiger partial charge on any atom is 0.122 e. The van der Waals surface area contributed by atoms with Crippen molar-refractivity contribution < 1.29 is 9.47 Å². The molecule has 3 aromatic rings. The Bertz CT molecular complexity index is 1120. The van der Waals surface area contributed by atoms with Gasteiger partial charge in [0.15, 0.2) is 0 Å². The minimum absolute atomic E-state index is 0.333. The van der Waals surface area contributed by atoms with E-state index in [1.807, 2.05) is 43.3 Å². The van der Waals surface area contributed by atoms with Crippen LogP contribution in [0.1, 0.15) is 36.1 Å². The molecule has 0 bridgehead atoms. The molecule has 0 amide bonds. The molecule has 2 fully saturated rings. The van der Waals surface area contributed by atoms with E-state index in [1.54, 1.807) is 0 Å². The zero-order valence-corrected chi connectivity index (χ0v) is 17.9. The first-order valence-corrected chi connectivity index (χ1v) is 11.1. The number of benzene rings is 2. The molecule has 1 aromatic heterocycles. The average molecular weight is 414 g/mol. The van der Waals surface area contributed by atoms with E-state index in [-0.39, 0.29) is 0 Å². The molecule has 2 aromatic carbocycles. The van der Waals surface area contributed by atoms with Crippen molar-refractivity contribution in [1.29, 1.82) is 5.26 Å². The highest BCUT2D eigenvalue weighted by atomic mass is 16.5. The Balaban J connectivity index is 1.30. The quantitative estimate of drug-likeness (QED) is 0.546. The van der Waals surface area contributed by atoms with Gasteiger partial charge in [0.25, 0.3) is 0 Å². The smallest absolute Gasteiger partial charge is 0.122 e. The number of hydrogen-bond acceptors (Lipinski definition) is 5. The van der Waals surface area contributed by atoms with Crippen LogP contribution in [0.5, 0.6) is 5.75 Å². The molecule has 1 aliphatic carbocycles. The number of hydrogen-bond donors (Lipinski definition) is 0. The summed E-state index contributed by atoms with van der Waals surface area (Å²) in [4.78, 5) is 7.20. The first kappa shape index (κ1) is 19.8. The number of pyridine rings is 1. The summed E-state index contributed by atoms with van der Waals surface area (Å²) >= 11 is 0. The lowest BCUT2D eigenvalue weighted by Crippen LogP contribution is -2.23. The molecule has 0 spiro atoms. The van der Waals surface area contributed by atoms with Crippen molar-refractivity contribution >= 4 is 16.6 Å². The molecule has 0 unspecified atom stereocenters. The lowest BCUT2D eigenvalue weighted by Gasteiger charge is -2.21. The van der Waals surface area contributed by atoms with Crippen LogP contribution >= 0.6 is 0 Å². The molecule has 5 nitrogen and oxygen atoms in total. The fraction of sp³-hybridized carbons (Fsp3) is 0.385. The summed E-state index contributed by atoms with van der Waals surface area (Å²) in [6.45, 7) is 5.40. The van der Waals surface area contributed by atoms with Crippen molar-refractivity contribution in [3.05, 3.63) is 65.4 Å². The SMILES string of the molecule is Cc1cc(N2CC[C@H](OCC3CC3)C2)c2ccc(OCc3ccc(C#N)cc3)cc2n1. The van der Waals surface area contributed by atoms with Gasteiger partial charge in [-0.3, -0.25) is 4.98 Å². The van der Waals surface area contributed by atoms with Gasteiger partial charge in [-0.05, 0) is 68.0 Å². The van der Waals surface area contributed by atoms with Crippen molar-refractivity contribution in [1.82, 2.24) is 4.98 Å². The Morgan fingerprint density at radius 2 is 1.94 bits per heavy atom. The zero-order valence-electron chi connectivity index (χ0n) is 17.9. The molecular formula is C26H27N3O2. The fourth-order valence-electron chi connectivity index (χ4n) is 4.15. The van der Waals surface area contributed by atoms with E-state index < -0.39 is 0 Å². The summed E-state index contributed by atoms with van der Waals surface area (Å²) in [6.07, 6.45) is 4.08. The van der Waals surface area contributed by atoms with Crippen molar-refractivity contribution in [3.8, 4) is 11.8 Å². The van der Waals surface area contributed by atoms with Gasteiger partial charge in [-0.15, -0.1) is 0 Å². The van der Waals surface area contributed by atoms with Gasteiger partial charge in [0, 0.05) is 42.5 Å². The van der Waals surface area contributed by atoms with E-state index >= 15 is 0 Å². The summed E-state index contributed by atoms with van der Waals surface area (Å²) in [5.74, 6) is 1.61. The molecule has 1 aliphatic heterocycles. The van der Waals surface area contributed by atoms with Crippen LogP contribution in [0, 0.1) is 24.2 Å². The molecule has 31 heavy (non-hydrogen) atoms. The summed E-state index contributed by atoms with van der Waals surface area (Å²) < 4.78 is 12.1. The van der Waals surface area contributed by atoms with Gasteiger partial charge in [-0.25, -0.2) is 0 Å². The third-order valence-electron chi connectivity index (χ3n) is 6.13. The Morgan fingerprint density at radius 3 is 2.71 bits per heavy atom. The zero-order chi connectivity index (χ0) is 21.2. The number of ether oxygens (including phenoxy) is 2. The predicted octanol–water partition coefficient (Wildman–Crippen LogP) is 5.00. The van der Waals surface area contributed by atoms with E-state index in [1.165, 1.54) is 18.5 Å². The average Bonchev–Trinajstić information content (AvgIpc) is 3.51. The third-order valence-corrected chi connectivity index (χ3v) is 6.13. The molecule has 2 aliphatic rings. The van der Waals surface area contributed by atoms with Gasteiger partial charge >= 0.3 is 0 Å². The Kier molecular flexibility index (Phi) is 5.48. The van der Waals surface area contributed by atoms with Gasteiger partial charge in [-0.1, -0.05) is 12.1 Å². The second-order valence-electron chi connectivity index (χ2n) is 8.69. The third kappa shape index (κ3) is 4.65. The largest absolute Gasteiger partial charge is 0.489 e. The van der Waals surface area contributed by atoms with E-state index in [0.717, 1.165) is 59.9 Å². The molecular weight excluding hydrogens is 386 g/mol. The van der Waals surface area contributed by atoms with E-state index in [2.05, 4.69) is 23.1 Å². The summed E-state index contributed by atoms with van der Waals surface area (Å²) in [5, 5.41) is 10.1. The molecule has 0 N–H and O–H groups in total. The highest BCUT2D eigenvalue weighted by molar-refractivity contribution is 5.93. The number of fused-ring (bicyclic) bond motifs is 1. The van der Waals surface area contributed by atoms with Crippen molar-refractivity contribution in [2.24, 2.45) is 5.92 Å². The number of nitrogens with zero attached hydrogens (tertiary/aromatic N) is 3. The molecule has 1 atom stereocenters. The van der Waals surface area contributed by atoms with Gasteiger partial charge in [-0.2, -0.15) is 5.26 Å². The normalized spacial score (nSPS) is 18.3. The molecule has 1 saturated heterocycles. The van der Waals surface area contributed by atoms with Crippen LogP contribution in [-0.4, -0.2) is 30.8 Å². The second-order valence-corrected chi connectivity index (χ2v) is 8.69. The molecule has 158 valence electrons. The van der Waals surface area contributed by atoms with Gasteiger partial charge in [0.2, 0.25) is 0 Å². The standard InChI is InChI=1S/C26H27N3O2/c1-18-12-26(29-11-10-23(15-29)31-17-21-6-7-21)24-9-8-22(13-25(24)28-18)30-16-20-4-2-19(14-27)3-5-20/h2-5,8-9,12-13,21,23H,6-7,10-11,15-17H2,1H3/t23-/m0/s1. The van der Waals surface area contributed by atoms with E-state index in [4.69, 9.17) is 19.7 Å². The molecule has 0 radical (unpaired) electrons. The lowest BCUT2D eigenvalue weighted by atomic mass is 10.1. The maximum absolute atomic E-state index is 8.93. The van der Waals surface area contributed by atoms with Crippen molar-refractivity contribution in [2.45, 2.75) is 38.9 Å². The molecule has 1 saturated carbocycles. The van der Waals surface area contributed by atoms with E-state index in [0.29, 0.717) is 18.3 Å². The highest BCUT2D eigenvalue weighted by Gasteiger charge is 2.28. The first-order chi connectivity index (χ1) is 15.2. The summed E-state index contributed by atoms with van der Waals surface area (Å²) in [7, 11) is 0. The maximum atomic E-state index is 8.93. The second kappa shape index (κ2) is 8.56. The van der Waals surface area contributed by atoms with Crippen LogP contribution in [0.2, 0.25) is 0 Å². The minimum atomic E-state index is 0.333. The topological polar surface area (TPSA) is 58.4 Å². The molecule has 5 rings (SSSR count). The van der Waals surface area contributed by atoms with Crippen LogP contribution in [0.4, 0.5) is 5.69 Å². The number of aromatic nitrogens is 1. The number of rotatable bonds is 7. The number of anilines is 1. The van der Waals surface area contributed by atoms with Crippen LogP contribution in [-0.2, 0) is 11.3 Å². The Hall–Kier alpha value is -3.10. The van der Waals surface area contributed by atoms with Crippen LogP contribution in [0.15, 0.2) is 48.5 Å². The van der Waals surface area contributed by atoms with Crippen LogP contribution < -0.4 is 9.64 Å². The number of nitriles is 1. The van der Waals surface area contributed by atoms with Gasteiger partial charge in [0.1, 0.15) is 12.4 Å². The van der Waals surface area contributed by atoms with Crippen LogP contribution in [0.25, 0.3) is 10.9 Å². The van der Waals surface area contributed by atoms with Crippen molar-refractivity contribution in [2.75, 3.05) is 24.6 Å². The first-order valence-electron chi connectivity index (χ1n) is 11.1. The van der Waals surface area contributed by atoms with Gasteiger partial charge in [0.05, 0.1) is 23.3 Å². The highest BCUT2D eigenvalue weighted by Crippen LogP contribution is 2.34. The predicted molar refractivity (Wildman–Crippen MR) is 121 cm³/mol. The monoisotopic (exact) mass is 413 g/mol. The molecule has 2 heterocycles. The Labute approximate surface area is 183 Å². The van der Waals surface area contributed by atoms with Gasteiger partial charge < -0.3 is 14.4 Å².